The zero-order chi connectivity index (χ0) is 10.7. The molecule has 1 fully saturated rings. The second-order valence-corrected chi connectivity index (χ2v) is 4.08. The monoisotopic (exact) mass is 209 g/mol. The Labute approximate surface area is 90.6 Å². The van der Waals surface area contributed by atoms with Crippen molar-refractivity contribution in [1.29, 1.82) is 0 Å². The number of aromatic nitrogens is 2. The van der Waals surface area contributed by atoms with Crippen molar-refractivity contribution in [2.45, 2.75) is 19.4 Å². The van der Waals surface area contributed by atoms with Crippen LogP contribution in [0.3, 0.4) is 0 Å². The highest BCUT2D eigenvalue weighted by Gasteiger charge is 2.30. The van der Waals surface area contributed by atoms with Gasteiger partial charge in [-0.15, -0.1) is 0 Å². The molecule has 1 aliphatic rings. The molecule has 0 radical (unpaired) electrons. The van der Waals surface area contributed by atoms with E-state index in [1.807, 2.05) is 19.6 Å². The first-order valence-electron chi connectivity index (χ1n) is 5.61. The SMILES string of the molecule is CCNCC1CCOC1c1cncn1C. The van der Waals surface area contributed by atoms with E-state index in [1.165, 1.54) is 5.69 Å². The van der Waals surface area contributed by atoms with E-state index in [-0.39, 0.29) is 6.10 Å². The molecule has 4 nitrogen and oxygen atoms in total. The molecule has 2 atom stereocenters. The second-order valence-electron chi connectivity index (χ2n) is 4.08. The molecule has 1 aliphatic heterocycles. The van der Waals surface area contributed by atoms with Crippen molar-refractivity contribution >= 4 is 0 Å². The van der Waals surface area contributed by atoms with Gasteiger partial charge in [0.15, 0.2) is 0 Å². The lowest BCUT2D eigenvalue weighted by Gasteiger charge is -2.18. The molecule has 84 valence electrons. The molecule has 0 aromatic carbocycles. The number of hydrogen-bond acceptors (Lipinski definition) is 3. The maximum atomic E-state index is 5.79. The lowest BCUT2D eigenvalue weighted by molar-refractivity contribution is 0.0849. The predicted octanol–water partition coefficient (Wildman–Crippen LogP) is 1.11. The highest BCUT2D eigenvalue weighted by Crippen LogP contribution is 2.33. The lowest BCUT2D eigenvalue weighted by atomic mass is 9.99. The van der Waals surface area contributed by atoms with E-state index in [0.29, 0.717) is 5.92 Å². The summed E-state index contributed by atoms with van der Waals surface area (Å²) in [6.45, 7) is 5.06. The summed E-state index contributed by atoms with van der Waals surface area (Å²) in [6, 6.07) is 0. The highest BCUT2D eigenvalue weighted by molar-refractivity contribution is 5.06. The average molecular weight is 209 g/mol. The molecular formula is C11H19N3O. The number of aryl methyl sites for hydroxylation is 1. The zero-order valence-electron chi connectivity index (χ0n) is 9.44. The van der Waals surface area contributed by atoms with Crippen molar-refractivity contribution in [2.24, 2.45) is 13.0 Å². The van der Waals surface area contributed by atoms with Crippen LogP contribution in [0.15, 0.2) is 12.5 Å². The predicted molar refractivity (Wildman–Crippen MR) is 58.6 cm³/mol. The van der Waals surface area contributed by atoms with Crippen LogP contribution in [0, 0.1) is 5.92 Å². The third-order valence-corrected chi connectivity index (χ3v) is 3.02. The number of nitrogens with zero attached hydrogens (tertiary/aromatic N) is 2. The van der Waals surface area contributed by atoms with Crippen LogP contribution in [0.2, 0.25) is 0 Å². The van der Waals surface area contributed by atoms with Gasteiger partial charge in [-0.25, -0.2) is 4.98 Å². The van der Waals surface area contributed by atoms with Gasteiger partial charge in [0.05, 0.1) is 18.2 Å². The molecule has 2 heterocycles. The van der Waals surface area contributed by atoms with E-state index in [1.54, 1.807) is 0 Å². The summed E-state index contributed by atoms with van der Waals surface area (Å²) in [5.74, 6) is 0.584. The molecular weight excluding hydrogens is 190 g/mol. The summed E-state index contributed by atoms with van der Waals surface area (Å²) in [4.78, 5) is 4.14. The quantitative estimate of drug-likeness (QED) is 0.807. The van der Waals surface area contributed by atoms with Crippen LogP contribution in [0.1, 0.15) is 25.1 Å². The summed E-state index contributed by atoms with van der Waals surface area (Å²) in [5, 5.41) is 3.39. The normalized spacial score (nSPS) is 26.0. The fraction of sp³-hybridized carbons (Fsp3) is 0.727. The fourth-order valence-electron chi connectivity index (χ4n) is 2.14. The minimum atomic E-state index is 0.219. The van der Waals surface area contributed by atoms with Gasteiger partial charge in [-0.2, -0.15) is 0 Å². The number of nitrogens with one attached hydrogen (secondary N) is 1. The van der Waals surface area contributed by atoms with E-state index < -0.39 is 0 Å². The summed E-state index contributed by atoms with van der Waals surface area (Å²) >= 11 is 0. The van der Waals surface area contributed by atoms with E-state index in [4.69, 9.17) is 4.74 Å². The second kappa shape index (κ2) is 4.77. The van der Waals surface area contributed by atoms with Crippen LogP contribution in [0.5, 0.6) is 0 Å². The standard InChI is InChI=1S/C11H19N3O/c1-3-12-6-9-4-5-15-11(9)10-7-13-8-14(10)2/h7-9,11-12H,3-6H2,1-2H3. The minimum Gasteiger partial charge on any atom is -0.372 e. The largest absolute Gasteiger partial charge is 0.372 e. The Hall–Kier alpha value is -0.870. The fourth-order valence-corrected chi connectivity index (χ4v) is 2.14. The van der Waals surface area contributed by atoms with Crippen LogP contribution in [-0.4, -0.2) is 29.2 Å². The number of hydrogen-bond donors (Lipinski definition) is 1. The molecule has 2 rings (SSSR count). The molecule has 4 heteroatoms. The van der Waals surface area contributed by atoms with E-state index in [2.05, 4.69) is 21.8 Å². The third kappa shape index (κ3) is 2.21. The first-order valence-corrected chi connectivity index (χ1v) is 5.61. The van der Waals surface area contributed by atoms with E-state index in [0.717, 1.165) is 26.1 Å². The molecule has 1 N–H and O–H groups in total. The molecule has 0 bridgehead atoms. The smallest absolute Gasteiger partial charge is 0.103 e. The van der Waals surface area contributed by atoms with E-state index >= 15 is 0 Å². The van der Waals surface area contributed by atoms with Crippen molar-refractivity contribution in [3.05, 3.63) is 18.2 Å². The molecule has 0 saturated carbocycles. The molecule has 1 aromatic heterocycles. The molecule has 0 aliphatic carbocycles. The Morgan fingerprint density at radius 2 is 2.53 bits per heavy atom. The van der Waals surface area contributed by atoms with Crippen molar-refractivity contribution in [2.75, 3.05) is 19.7 Å². The van der Waals surface area contributed by atoms with Gasteiger partial charge in [0.25, 0.3) is 0 Å². The van der Waals surface area contributed by atoms with Gasteiger partial charge < -0.3 is 14.6 Å². The molecule has 0 amide bonds. The lowest BCUT2D eigenvalue weighted by Crippen LogP contribution is -2.25. The minimum absolute atomic E-state index is 0.219. The molecule has 15 heavy (non-hydrogen) atoms. The van der Waals surface area contributed by atoms with Crippen LogP contribution >= 0.6 is 0 Å². The first kappa shape index (κ1) is 10.6. The van der Waals surface area contributed by atoms with Gasteiger partial charge in [0.2, 0.25) is 0 Å². The molecule has 2 unspecified atom stereocenters. The van der Waals surface area contributed by atoms with Crippen LogP contribution in [-0.2, 0) is 11.8 Å². The highest BCUT2D eigenvalue weighted by atomic mass is 16.5. The van der Waals surface area contributed by atoms with Crippen molar-refractivity contribution in [3.63, 3.8) is 0 Å². The van der Waals surface area contributed by atoms with Crippen LogP contribution in [0.4, 0.5) is 0 Å². The van der Waals surface area contributed by atoms with Crippen molar-refractivity contribution in [1.82, 2.24) is 14.9 Å². The molecule has 0 spiro atoms. The van der Waals surface area contributed by atoms with Crippen molar-refractivity contribution < 1.29 is 4.74 Å². The first-order chi connectivity index (χ1) is 7.33. The summed E-state index contributed by atoms with van der Waals surface area (Å²) < 4.78 is 7.84. The Balaban J connectivity index is 2.04. The zero-order valence-corrected chi connectivity index (χ0v) is 9.44. The maximum absolute atomic E-state index is 5.79. The Bertz CT molecular complexity index is 311. The van der Waals surface area contributed by atoms with Crippen molar-refractivity contribution in [3.8, 4) is 0 Å². The molecule has 1 aromatic rings. The maximum Gasteiger partial charge on any atom is 0.103 e. The summed E-state index contributed by atoms with van der Waals surface area (Å²) in [7, 11) is 2.02. The van der Waals surface area contributed by atoms with Gasteiger partial charge in [-0.05, 0) is 13.0 Å². The topological polar surface area (TPSA) is 39.1 Å². The summed E-state index contributed by atoms with van der Waals surface area (Å²) in [6.07, 6.45) is 5.11. The van der Waals surface area contributed by atoms with Crippen LogP contribution < -0.4 is 5.32 Å². The number of ether oxygens (including phenoxy) is 1. The van der Waals surface area contributed by atoms with E-state index in [9.17, 15) is 0 Å². The van der Waals surface area contributed by atoms with Gasteiger partial charge >= 0.3 is 0 Å². The molecule has 1 saturated heterocycles. The summed E-state index contributed by atoms with van der Waals surface area (Å²) in [5.41, 5.74) is 1.19. The van der Waals surface area contributed by atoms with Crippen LogP contribution in [0.25, 0.3) is 0 Å². The Morgan fingerprint density at radius 3 is 3.20 bits per heavy atom. The number of imidazole rings is 1. The Morgan fingerprint density at radius 1 is 1.67 bits per heavy atom. The van der Waals surface area contributed by atoms with Gasteiger partial charge in [0, 0.05) is 26.1 Å². The Kier molecular flexibility index (Phi) is 3.38. The number of rotatable bonds is 4. The van der Waals surface area contributed by atoms with Gasteiger partial charge in [0.1, 0.15) is 6.10 Å². The third-order valence-electron chi connectivity index (χ3n) is 3.02. The van der Waals surface area contributed by atoms with Gasteiger partial charge in [-0.3, -0.25) is 0 Å². The van der Waals surface area contributed by atoms with Gasteiger partial charge in [-0.1, -0.05) is 6.92 Å². The average Bonchev–Trinajstić information content (AvgIpc) is 2.82.